The fourth-order valence-corrected chi connectivity index (χ4v) is 2.17. The second kappa shape index (κ2) is 6.83. The maximum absolute atomic E-state index is 11.9. The lowest BCUT2D eigenvalue weighted by atomic mass is 10.1. The standard InChI is InChI=1S/C12H23NO2/c1-2-3-8-12(15)13-9-6-4-5-7-11(13)10-14/h11,14H,2-10H2,1H3. The van der Waals surface area contributed by atoms with Gasteiger partial charge in [-0.15, -0.1) is 0 Å². The molecule has 1 unspecified atom stereocenters. The SMILES string of the molecule is CCCCC(=O)N1CCCCCC1CO. The van der Waals surface area contributed by atoms with E-state index in [4.69, 9.17) is 0 Å². The molecule has 0 aromatic carbocycles. The van der Waals surface area contributed by atoms with Gasteiger partial charge in [0.2, 0.25) is 5.91 Å². The molecule has 0 aromatic rings. The van der Waals surface area contributed by atoms with E-state index < -0.39 is 0 Å². The summed E-state index contributed by atoms with van der Waals surface area (Å²) in [6, 6.07) is 0.0804. The van der Waals surface area contributed by atoms with Gasteiger partial charge in [0.25, 0.3) is 0 Å². The third-order valence-corrected chi connectivity index (χ3v) is 3.15. The van der Waals surface area contributed by atoms with Gasteiger partial charge in [-0.05, 0) is 19.3 Å². The maximum Gasteiger partial charge on any atom is 0.222 e. The number of rotatable bonds is 4. The summed E-state index contributed by atoms with van der Waals surface area (Å²) in [6.45, 7) is 3.06. The maximum atomic E-state index is 11.9. The molecule has 88 valence electrons. The third kappa shape index (κ3) is 3.82. The first-order chi connectivity index (χ1) is 7.29. The molecule has 0 spiro atoms. The van der Waals surface area contributed by atoms with Crippen LogP contribution in [0.25, 0.3) is 0 Å². The molecule has 1 N–H and O–H groups in total. The van der Waals surface area contributed by atoms with E-state index in [0.717, 1.165) is 38.6 Å². The molecule has 1 heterocycles. The van der Waals surface area contributed by atoms with Crippen molar-refractivity contribution in [2.45, 2.75) is 57.9 Å². The molecule has 0 aliphatic carbocycles. The second-order valence-corrected chi connectivity index (χ2v) is 4.38. The van der Waals surface area contributed by atoms with E-state index in [1.165, 1.54) is 6.42 Å². The molecule has 1 fully saturated rings. The molecule has 0 radical (unpaired) electrons. The summed E-state index contributed by atoms with van der Waals surface area (Å²) >= 11 is 0. The van der Waals surface area contributed by atoms with E-state index in [-0.39, 0.29) is 18.6 Å². The molecular formula is C12H23NO2. The highest BCUT2D eigenvalue weighted by atomic mass is 16.3. The first kappa shape index (κ1) is 12.5. The number of nitrogens with zero attached hydrogens (tertiary/aromatic N) is 1. The highest BCUT2D eigenvalue weighted by Gasteiger charge is 2.23. The Labute approximate surface area is 92.5 Å². The number of likely N-dealkylation sites (tertiary alicyclic amines) is 1. The third-order valence-electron chi connectivity index (χ3n) is 3.15. The van der Waals surface area contributed by atoms with Crippen LogP contribution in [0.3, 0.4) is 0 Å². The van der Waals surface area contributed by atoms with Crippen LogP contribution in [0, 0.1) is 0 Å². The number of unbranched alkanes of at least 4 members (excludes halogenated alkanes) is 1. The van der Waals surface area contributed by atoms with Crippen LogP contribution in [0.15, 0.2) is 0 Å². The Balaban J connectivity index is 2.49. The highest BCUT2D eigenvalue weighted by molar-refractivity contribution is 5.76. The molecular weight excluding hydrogens is 190 g/mol. The van der Waals surface area contributed by atoms with Crippen molar-refractivity contribution >= 4 is 5.91 Å². The van der Waals surface area contributed by atoms with Crippen molar-refractivity contribution in [2.24, 2.45) is 0 Å². The lowest BCUT2D eigenvalue weighted by molar-refractivity contribution is -0.134. The van der Waals surface area contributed by atoms with E-state index in [9.17, 15) is 9.90 Å². The van der Waals surface area contributed by atoms with Crippen molar-refractivity contribution in [3.05, 3.63) is 0 Å². The fourth-order valence-electron chi connectivity index (χ4n) is 2.17. The Morgan fingerprint density at radius 1 is 1.40 bits per heavy atom. The Morgan fingerprint density at radius 3 is 2.87 bits per heavy atom. The number of aliphatic hydroxyl groups is 1. The summed E-state index contributed by atoms with van der Waals surface area (Å²) in [5.41, 5.74) is 0. The lowest BCUT2D eigenvalue weighted by Crippen LogP contribution is -2.41. The van der Waals surface area contributed by atoms with Crippen LogP contribution in [-0.4, -0.2) is 35.1 Å². The van der Waals surface area contributed by atoms with Crippen LogP contribution in [0.4, 0.5) is 0 Å². The minimum absolute atomic E-state index is 0.0804. The van der Waals surface area contributed by atoms with Gasteiger partial charge in [0.15, 0.2) is 0 Å². The average Bonchev–Trinajstić information content (AvgIpc) is 2.50. The molecule has 1 amide bonds. The average molecular weight is 213 g/mol. The normalized spacial score (nSPS) is 22.5. The summed E-state index contributed by atoms with van der Waals surface area (Å²) in [7, 11) is 0. The molecule has 1 aliphatic rings. The van der Waals surface area contributed by atoms with Gasteiger partial charge in [-0.1, -0.05) is 26.2 Å². The Bertz CT molecular complexity index is 194. The molecule has 0 bridgehead atoms. The molecule has 1 atom stereocenters. The number of aliphatic hydroxyl groups excluding tert-OH is 1. The Hall–Kier alpha value is -0.570. The molecule has 15 heavy (non-hydrogen) atoms. The topological polar surface area (TPSA) is 40.5 Å². The lowest BCUT2D eigenvalue weighted by Gasteiger charge is -2.28. The molecule has 1 rings (SSSR count). The number of carbonyl (C=O) groups excluding carboxylic acids is 1. The Kier molecular flexibility index (Phi) is 5.69. The molecule has 3 heteroatoms. The van der Waals surface area contributed by atoms with Crippen LogP contribution in [0.1, 0.15) is 51.9 Å². The highest BCUT2D eigenvalue weighted by Crippen LogP contribution is 2.17. The van der Waals surface area contributed by atoms with Crippen LogP contribution in [0.5, 0.6) is 0 Å². The quantitative estimate of drug-likeness (QED) is 0.775. The van der Waals surface area contributed by atoms with Crippen molar-refractivity contribution in [2.75, 3.05) is 13.2 Å². The van der Waals surface area contributed by atoms with Gasteiger partial charge in [0.05, 0.1) is 12.6 Å². The van der Waals surface area contributed by atoms with Gasteiger partial charge < -0.3 is 10.0 Å². The molecule has 1 saturated heterocycles. The van der Waals surface area contributed by atoms with E-state index in [0.29, 0.717) is 6.42 Å². The summed E-state index contributed by atoms with van der Waals surface area (Å²) in [6.07, 6.45) is 7.06. The summed E-state index contributed by atoms with van der Waals surface area (Å²) in [4.78, 5) is 13.8. The van der Waals surface area contributed by atoms with E-state index >= 15 is 0 Å². The van der Waals surface area contributed by atoms with Crippen molar-refractivity contribution in [1.82, 2.24) is 4.90 Å². The largest absolute Gasteiger partial charge is 0.394 e. The number of hydrogen-bond acceptors (Lipinski definition) is 2. The first-order valence-electron chi connectivity index (χ1n) is 6.20. The summed E-state index contributed by atoms with van der Waals surface area (Å²) in [5, 5.41) is 9.27. The first-order valence-corrected chi connectivity index (χ1v) is 6.20. The zero-order chi connectivity index (χ0) is 11.1. The van der Waals surface area contributed by atoms with E-state index in [2.05, 4.69) is 6.92 Å². The smallest absolute Gasteiger partial charge is 0.222 e. The number of hydrogen-bond donors (Lipinski definition) is 1. The predicted molar refractivity (Wildman–Crippen MR) is 60.6 cm³/mol. The van der Waals surface area contributed by atoms with Crippen molar-refractivity contribution in [3.8, 4) is 0 Å². The monoisotopic (exact) mass is 213 g/mol. The number of amides is 1. The van der Waals surface area contributed by atoms with E-state index in [1.807, 2.05) is 4.90 Å². The molecule has 0 saturated carbocycles. The zero-order valence-corrected chi connectivity index (χ0v) is 9.74. The fraction of sp³-hybridized carbons (Fsp3) is 0.917. The van der Waals surface area contributed by atoms with Crippen molar-refractivity contribution < 1.29 is 9.90 Å². The second-order valence-electron chi connectivity index (χ2n) is 4.38. The van der Waals surface area contributed by atoms with Gasteiger partial charge >= 0.3 is 0 Å². The van der Waals surface area contributed by atoms with Gasteiger partial charge in [0.1, 0.15) is 0 Å². The van der Waals surface area contributed by atoms with Gasteiger partial charge in [-0.3, -0.25) is 4.79 Å². The van der Waals surface area contributed by atoms with Crippen LogP contribution >= 0.6 is 0 Å². The van der Waals surface area contributed by atoms with Gasteiger partial charge in [-0.25, -0.2) is 0 Å². The molecule has 1 aliphatic heterocycles. The molecule has 3 nitrogen and oxygen atoms in total. The van der Waals surface area contributed by atoms with Gasteiger partial charge in [0, 0.05) is 13.0 Å². The van der Waals surface area contributed by atoms with Crippen LogP contribution in [0.2, 0.25) is 0 Å². The van der Waals surface area contributed by atoms with Gasteiger partial charge in [-0.2, -0.15) is 0 Å². The van der Waals surface area contributed by atoms with E-state index in [1.54, 1.807) is 0 Å². The van der Waals surface area contributed by atoms with Crippen LogP contribution in [-0.2, 0) is 4.79 Å². The molecule has 0 aromatic heterocycles. The zero-order valence-electron chi connectivity index (χ0n) is 9.74. The summed E-state index contributed by atoms with van der Waals surface area (Å²) < 4.78 is 0. The summed E-state index contributed by atoms with van der Waals surface area (Å²) in [5.74, 6) is 0.234. The minimum Gasteiger partial charge on any atom is -0.394 e. The van der Waals surface area contributed by atoms with Crippen molar-refractivity contribution in [1.29, 1.82) is 0 Å². The predicted octanol–water partition coefficient (Wildman–Crippen LogP) is 1.94. The van der Waals surface area contributed by atoms with Crippen molar-refractivity contribution in [3.63, 3.8) is 0 Å². The van der Waals surface area contributed by atoms with Crippen LogP contribution < -0.4 is 0 Å². The minimum atomic E-state index is 0.0804. The number of carbonyl (C=O) groups is 1. The Morgan fingerprint density at radius 2 is 2.20 bits per heavy atom.